The SMILES string of the molecule is O=C(c1sc2c(c(-c3ccc(F)cc3)nn2-c2ccccc2)c1Cl)N1CCCCC1. The molecule has 4 aromatic rings. The van der Waals surface area contributed by atoms with Crippen molar-refractivity contribution >= 4 is 39.1 Å². The van der Waals surface area contributed by atoms with Crippen molar-refractivity contribution in [2.24, 2.45) is 0 Å². The minimum Gasteiger partial charge on any atom is -0.338 e. The summed E-state index contributed by atoms with van der Waals surface area (Å²) in [6.45, 7) is 1.53. The molecule has 1 fully saturated rings. The number of rotatable bonds is 3. The molecule has 0 N–H and O–H groups in total. The molecule has 0 saturated carbocycles. The van der Waals surface area contributed by atoms with Crippen molar-refractivity contribution in [3.8, 4) is 16.9 Å². The Morgan fingerprint density at radius 2 is 1.70 bits per heavy atom. The minimum atomic E-state index is -0.310. The third-order valence-electron chi connectivity index (χ3n) is 5.42. The van der Waals surface area contributed by atoms with E-state index in [1.807, 2.05) is 39.9 Å². The molecular weight excluding hydrogens is 421 g/mol. The molecule has 0 aliphatic carbocycles. The van der Waals surface area contributed by atoms with Crippen LogP contribution in [-0.2, 0) is 0 Å². The van der Waals surface area contributed by atoms with Crippen molar-refractivity contribution in [1.82, 2.24) is 14.7 Å². The first-order valence-corrected chi connectivity index (χ1v) is 11.1. The summed E-state index contributed by atoms with van der Waals surface area (Å²) in [5, 5.41) is 5.95. The van der Waals surface area contributed by atoms with Gasteiger partial charge in [0.2, 0.25) is 0 Å². The number of thiophene rings is 1. The molecule has 30 heavy (non-hydrogen) atoms. The van der Waals surface area contributed by atoms with Crippen LogP contribution < -0.4 is 0 Å². The molecule has 1 aliphatic rings. The summed E-state index contributed by atoms with van der Waals surface area (Å²) >= 11 is 8.16. The molecule has 0 atom stereocenters. The van der Waals surface area contributed by atoms with Crippen molar-refractivity contribution in [1.29, 1.82) is 0 Å². The molecule has 5 rings (SSSR count). The summed E-state index contributed by atoms with van der Waals surface area (Å²) in [4.78, 5) is 16.4. The Morgan fingerprint density at radius 3 is 2.40 bits per heavy atom. The van der Waals surface area contributed by atoms with E-state index < -0.39 is 0 Å². The van der Waals surface area contributed by atoms with E-state index >= 15 is 0 Å². The van der Waals surface area contributed by atoms with Crippen molar-refractivity contribution in [3.63, 3.8) is 0 Å². The quantitative estimate of drug-likeness (QED) is 0.382. The van der Waals surface area contributed by atoms with Gasteiger partial charge in [-0.25, -0.2) is 9.07 Å². The fourth-order valence-electron chi connectivity index (χ4n) is 3.88. The number of amides is 1. The number of carbonyl (C=O) groups excluding carboxylic acids is 1. The van der Waals surface area contributed by atoms with Crippen LogP contribution in [0.3, 0.4) is 0 Å². The fourth-order valence-corrected chi connectivity index (χ4v) is 5.45. The Morgan fingerprint density at radius 1 is 1.00 bits per heavy atom. The Labute approximate surface area is 182 Å². The number of carbonyl (C=O) groups is 1. The zero-order valence-electron chi connectivity index (χ0n) is 16.1. The van der Waals surface area contributed by atoms with Crippen LogP contribution in [0.1, 0.15) is 28.9 Å². The number of fused-ring (bicyclic) bond motifs is 1. The van der Waals surface area contributed by atoms with Crippen LogP contribution in [0, 0.1) is 5.82 Å². The highest BCUT2D eigenvalue weighted by atomic mass is 35.5. The maximum Gasteiger partial charge on any atom is 0.265 e. The number of hydrogen-bond acceptors (Lipinski definition) is 3. The molecule has 2 aromatic heterocycles. The highest BCUT2D eigenvalue weighted by Gasteiger charge is 2.28. The van der Waals surface area contributed by atoms with E-state index in [4.69, 9.17) is 16.7 Å². The minimum absolute atomic E-state index is 0.0226. The lowest BCUT2D eigenvalue weighted by molar-refractivity contribution is 0.0729. The van der Waals surface area contributed by atoms with Gasteiger partial charge < -0.3 is 4.90 Å². The smallest absolute Gasteiger partial charge is 0.265 e. The Bertz CT molecular complexity index is 1210. The van der Waals surface area contributed by atoms with Gasteiger partial charge in [-0.15, -0.1) is 11.3 Å². The summed E-state index contributed by atoms with van der Waals surface area (Å²) in [5.74, 6) is -0.333. The first kappa shape index (κ1) is 19.3. The number of para-hydroxylation sites is 1. The van der Waals surface area contributed by atoms with Crippen LogP contribution in [0.25, 0.3) is 27.2 Å². The van der Waals surface area contributed by atoms with Gasteiger partial charge in [-0.05, 0) is 55.7 Å². The normalized spacial score (nSPS) is 14.4. The highest BCUT2D eigenvalue weighted by molar-refractivity contribution is 7.21. The highest BCUT2D eigenvalue weighted by Crippen LogP contribution is 2.42. The monoisotopic (exact) mass is 439 g/mol. The average molecular weight is 440 g/mol. The van der Waals surface area contributed by atoms with Crippen molar-refractivity contribution in [2.75, 3.05) is 13.1 Å². The van der Waals surface area contributed by atoms with Gasteiger partial charge in [-0.2, -0.15) is 5.10 Å². The maximum absolute atomic E-state index is 13.5. The second-order valence-corrected chi connectivity index (χ2v) is 8.76. The van der Waals surface area contributed by atoms with Crippen molar-refractivity contribution in [3.05, 3.63) is 70.3 Å². The maximum atomic E-state index is 13.5. The van der Waals surface area contributed by atoms with E-state index in [2.05, 4.69) is 0 Å². The molecule has 2 aromatic carbocycles. The number of likely N-dealkylation sites (tertiary alicyclic amines) is 1. The first-order valence-electron chi connectivity index (χ1n) is 9.95. The van der Waals surface area contributed by atoms with Gasteiger partial charge in [0.15, 0.2) is 0 Å². The summed E-state index contributed by atoms with van der Waals surface area (Å²) in [5.41, 5.74) is 2.28. The molecule has 0 unspecified atom stereocenters. The van der Waals surface area contributed by atoms with Crippen LogP contribution in [-0.4, -0.2) is 33.7 Å². The summed E-state index contributed by atoms with van der Waals surface area (Å²) in [7, 11) is 0. The average Bonchev–Trinajstić information content (AvgIpc) is 3.33. The van der Waals surface area contributed by atoms with E-state index in [0.717, 1.165) is 53.8 Å². The lowest BCUT2D eigenvalue weighted by Crippen LogP contribution is -2.35. The number of aromatic nitrogens is 2. The van der Waals surface area contributed by atoms with E-state index in [0.29, 0.717) is 15.6 Å². The molecular formula is C23H19ClFN3OS. The zero-order chi connectivity index (χ0) is 20.7. The number of hydrogen-bond donors (Lipinski definition) is 0. The predicted molar refractivity (Wildman–Crippen MR) is 119 cm³/mol. The van der Waals surface area contributed by atoms with Crippen LogP contribution in [0.2, 0.25) is 5.02 Å². The molecule has 0 bridgehead atoms. The number of benzene rings is 2. The largest absolute Gasteiger partial charge is 0.338 e. The molecule has 3 heterocycles. The molecule has 0 radical (unpaired) electrons. The molecule has 4 nitrogen and oxygen atoms in total. The second kappa shape index (κ2) is 7.85. The lowest BCUT2D eigenvalue weighted by Gasteiger charge is -2.26. The van der Waals surface area contributed by atoms with E-state index in [-0.39, 0.29) is 11.7 Å². The molecule has 152 valence electrons. The Balaban J connectivity index is 1.70. The summed E-state index contributed by atoms with van der Waals surface area (Å²) in [6, 6.07) is 15.9. The van der Waals surface area contributed by atoms with Gasteiger partial charge in [0.25, 0.3) is 5.91 Å². The van der Waals surface area contributed by atoms with Crippen LogP contribution in [0.5, 0.6) is 0 Å². The lowest BCUT2D eigenvalue weighted by atomic mass is 10.1. The standard InChI is InChI=1S/C23H19ClFN3OS/c24-19-18-20(15-9-11-16(25)12-10-15)26-28(17-7-3-1-4-8-17)23(18)30-21(19)22(29)27-13-5-2-6-14-27/h1,3-4,7-12H,2,5-6,13-14H2. The van der Waals surface area contributed by atoms with Crippen LogP contribution in [0.15, 0.2) is 54.6 Å². The first-order chi connectivity index (χ1) is 14.6. The molecule has 7 heteroatoms. The topological polar surface area (TPSA) is 38.1 Å². The third-order valence-corrected chi connectivity index (χ3v) is 7.06. The number of halogens is 2. The van der Waals surface area contributed by atoms with Crippen LogP contribution in [0.4, 0.5) is 4.39 Å². The third kappa shape index (κ3) is 3.30. The van der Waals surface area contributed by atoms with Crippen molar-refractivity contribution < 1.29 is 9.18 Å². The van der Waals surface area contributed by atoms with Crippen LogP contribution >= 0.6 is 22.9 Å². The van der Waals surface area contributed by atoms with E-state index in [1.54, 1.807) is 12.1 Å². The van der Waals surface area contributed by atoms with E-state index in [9.17, 15) is 9.18 Å². The van der Waals surface area contributed by atoms with Gasteiger partial charge in [0.05, 0.1) is 16.1 Å². The Hall–Kier alpha value is -2.70. The van der Waals surface area contributed by atoms with Crippen molar-refractivity contribution in [2.45, 2.75) is 19.3 Å². The second-order valence-electron chi connectivity index (χ2n) is 7.38. The molecule has 0 spiro atoms. The van der Waals surface area contributed by atoms with Gasteiger partial charge in [0, 0.05) is 18.7 Å². The van der Waals surface area contributed by atoms with Gasteiger partial charge in [-0.1, -0.05) is 29.8 Å². The molecule has 1 saturated heterocycles. The summed E-state index contributed by atoms with van der Waals surface area (Å²) < 4.78 is 15.3. The molecule has 1 amide bonds. The Kier molecular flexibility index (Phi) is 5.05. The number of piperidine rings is 1. The van der Waals surface area contributed by atoms with E-state index in [1.165, 1.54) is 23.5 Å². The number of nitrogens with zero attached hydrogens (tertiary/aromatic N) is 3. The van der Waals surface area contributed by atoms with Gasteiger partial charge >= 0.3 is 0 Å². The van der Waals surface area contributed by atoms with Gasteiger partial charge in [0.1, 0.15) is 21.2 Å². The molecule has 1 aliphatic heterocycles. The fraction of sp³-hybridized carbons (Fsp3) is 0.217. The summed E-state index contributed by atoms with van der Waals surface area (Å²) in [6.07, 6.45) is 3.20. The predicted octanol–water partition coefficient (Wildman–Crippen LogP) is 6.17. The van der Waals surface area contributed by atoms with Gasteiger partial charge in [-0.3, -0.25) is 4.79 Å². The zero-order valence-corrected chi connectivity index (χ0v) is 17.7.